The topological polar surface area (TPSA) is 75.4 Å². The summed E-state index contributed by atoms with van der Waals surface area (Å²) in [7, 11) is 1.93. The van der Waals surface area contributed by atoms with Crippen LogP contribution in [-0.2, 0) is 0 Å². The lowest BCUT2D eigenvalue weighted by Crippen LogP contribution is -2.38. The average Bonchev–Trinajstić information content (AvgIpc) is 3.42. The Bertz CT molecular complexity index is 985. The lowest BCUT2D eigenvalue weighted by Gasteiger charge is -2.22. The van der Waals surface area contributed by atoms with Crippen LogP contribution in [-0.4, -0.2) is 38.6 Å². The number of nitrogens with zero attached hydrogens (tertiary/aromatic N) is 5. The molecule has 0 radical (unpaired) electrons. The highest BCUT2D eigenvalue weighted by Gasteiger charge is 2.40. The van der Waals surface area contributed by atoms with Gasteiger partial charge in [0, 0.05) is 25.5 Å². The van der Waals surface area contributed by atoms with Crippen molar-refractivity contribution in [2.24, 2.45) is 11.8 Å². The van der Waals surface area contributed by atoms with E-state index in [2.05, 4.69) is 15.4 Å². The third-order valence-corrected chi connectivity index (χ3v) is 6.03. The van der Waals surface area contributed by atoms with E-state index in [9.17, 15) is 4.79 Å². The van der Waals surface area contributed by atoms with Gasteiger partial charge in [-0.3, -0.25) is 9.78 Å². The van der Waals surface area contributed by atoms with Crippen LogP contribution in [0.1, 0.15) is 36.0 Å². The standard InChI is InChI=1S/C20H22N6O/c1-25(15-3-2-7-21-11-15)18-6-8-26-19(24-18)16(12-22-26)20(27)23-17-10-13-4-5-14(17)9-13/h2-3,6-8,11-14,17H,4-5,9-10H2,1H3,(H,23,27). The number of carbonyl (C=O) groups excluding carboxylic acids is 1. The van der Waals surface area contributed by atoms with Crippen LogP contribution in [0.5, 0.6) is 0 Å². The molecule has 3 aromatic heterocycles. The SMILES string of the molecule is CN(c1cccnc1)c1ccn2ncc(C(=O)NC3CC4CCC3C4)c2n1. The molecule has 1 N–H and O–H groups in total. The summed E-state index contributed by atoms with van der Waals surface area (Å²) in [6, 6.07) is 6.03. The van der Waals surface area contributed by atoms with Gasteiger partial charge in [-0.15, -0.1) is 0 Å². The molecule has 2 bridgehead atoms. The second-order valence-corrected chi connectivity index (χ2v) is 7.64. The maximum Gasteiger partial charge on any atom is 0.256 e. The highest BCUT2D eigenvalue weighted by Crippen LogP contribution is 2.44. The maximum absolute atomic E-state index is 12.9. The van der Waals surface area contributed by atoms with Gasteiger partial charge in [0.1, 0.15) is 11.4 Å². The molecule has 2 saturated carbocycles. The molecule has 5 rings (SSSR count). The molecular weight excluding hydrogens is 340 g/mol. The Balaban J connectivity index is 1.42. The fourth-order valence-corrected chi connectivity index (χ4v) is 4.56. The van der Waals surface area contributed by atoms with E-state index in [0.29, 0.717) is 23.2 Å². The van der Waals surface area contributed by atoms with Crippen molar-refractivity contribution >= 4 is 23.1 Å². The first-order chi connectivity index (χ1) is 13.2. The monoisotopic (exact) mass is 362 g/mol. The van der Waals surface area contributed by atoms with E-state index in [-0.39, 0.29) is 5.91 Å². The number of hydrogen-bond acceptors (Lipinski definition) is 5. The van der Waals surface area contributed by atoms with Crippen LogP contribution < -0.4 is 10.2 Å². The fraction of sp³-hybridized carbons (Fsp3) is 0.400. The molecule has 3 atom stereocenters. The minimum atomic E-state index is -0.0729. The smallest absolute Gasteiger partial charge is 0.256 e. The van der Waals surface area contributed by atoms with Gasteiger partial charge < -0.3 is 10.2 Å². The number of carbonyl (C=O) groups is 1. The Morgan fingerprint density at radius 1 is 1.26 bits per heavy atom. The summed E-state index contributed by atoms with van der Waals surface area (Å²) in [6.07, 6.45) is 11.9. The minimum Gasteiger partial charge on any atom is -0.349 e. The summed E-state index contributed by atoms with van der Waals surface area (Å²) >= 11 is 0. The van der Waals surface area contributed by atoms with Gasteiger partial charge in [0.25, 0.3) is 5.91 Å². The average molecular weight is 362 g/mol. The largest absolute Gasteiger partial charge is 0.349 e. The molecule has 2 aliphatic carbocycles. The number of hydrogen-bond donors (Lipinski definition) is 1. The number of aromatic nitrogens is 4. The minimum absolute atomic E-state index is 0.0729. The number of rotatable bonds is 4. The zero-order valence-corrected chi connectivity index (χ0v) is 15.2. The van der Waals surface area contributed by atoms with Gasteiger partial charge in [-0.25, -0.2) is 9.50 Å². The van der Waals surface area contributed by atoms with Crippen molar-refractivity contribution in [1.29, 1.82) is 0 Å². The summed E-state index contributed by atoms with van der Waals surface area (Å²) in [5.41, 5.74) is 2.03. The second kappa shape index (κ2) is 6.33. The number of pyridine rings is 1. The lowest BCUT2D eigenvalue weighted by atomic mass is 9.95. The first-order valence-electron chi connectivity index (χ1n) is 9.48. The van der Waals surface area contributed by atoms with Gasteiger partial charge in [0.05, 0.1) is 18.1 Å². The van der Waals surface area contributed by atoms with E-state index < -0.39 is 0 Å². The van der Waals surface area contributed by atoms with Gasteiger partial charge >= 0.3 is 0 Å². The van der Waals surface area contributed by atoms with Crippen molar-refractivity contribution in [1.82, 2.24) is 24.9 Å². The lowest BCUT2D eigenvalue weighted by molar-refractivity contribution is 0.0924. The highest BCUT2D eigenvalue weighted by molar-refractivity contribution is 6.00. The second-order valence-electron chi connectivity index (χ2n) is 7.64. The van der Waals surface area contributed by atoms with Crippen LogP contribution in [0.2, 0.25) is 0 Å². The highest BCUT2D eigenvalue weighted by atomic mass is 16.1. The number of amides is 1. The summed E-state index contributed by atoms with van der Waals surface area (Å²) < 4.78 is 1.65. The first kappa shape index (κ1) is 16.2. The number of nitrogens with one attached hydrogen (secondary N) is 1. The zero-order valence-electron chi connectivity index (χ0n) is 15.2. The molecule has 2 fully saturated rings. The van der Waals surface area contributed by atoms with Gasteiger partial charge in [-0.2, -0.15) is 5.10 Å². The van der Waals surface area contributed by atoms with Crippen LogP contribution in [0.3, 0.4) is 0 Å². The van der Waals surface area contributed by atoms with E-state index in [1.54, 1.807) is 23.1 Å². The van der Waals surface area contributed by atoms with Crippen molar-refractivity contribution in [2.75, 3.05) is 11.9 Å². The van der Waals surface area contributed by atoms with Gasteiger partial charge in [-0.05, 0) is 49.3 Å². The molecule has 1 amide bonds. The van der Waals surface area contributed by atoms with Crippen molar-refractivity contribution in [2.45, 2.75) is 31.7 Å². The molecule has 138 valence electrons. The van der Waals surface area contributed by atoms with E-state index in [1.165, 1.54) is 19.3 Å². The molecule has 0 aromatic carbocycles. The molecule has 0 spiro atoms. The van der Waals surface area contributed by atoms with Gasteiger partial charge in [0.15, 0.2) is 5.65 Å². The summed E-state index contributed by atoms with van der Waals surface area (Å²) in [6.45, 7) is 0. The zero-order chi connectivity index (χ0) is 18.4. The van der Waals surface area contributed by atoms with Crippen molar-refractivity contribution in [3.8, 4) is 0 Å². The Kier molecular flexibility index (Phi) is 3.81. The normalized spacial score (nSPS) is 23.7. The predicted octanol–water partition coefficient (Wildman–Crippen LogP) is 2.81. The Morgan fingerprint density at radius 3 is 2.93 bits per heavy atom. The molecule has 0 aliphatic heterocycles. The maximum atomic E-state index is 12.9. The summed E-state index contributed by atoms with van der Waals surface area (Å²) in [4.78, 5) is 23.7. The molecule has 7 heteroatoms. The Hall–Kier alpha value is -2.96. The molecule has 2 aliphatic rings. The molecule has 7 nitrogen and oxygen atoms in total. The molecule has 3 heterocycles. The Morgan fingerprint density at radius 2 is 2.19 bits per heavy atom. The molecule has 3 unspecified atom stereocenters. The third kappa shape index (κ3) is 2.83. The molecule has 3 aromatic rings. The van der Waals surface area contributed by atoms with Gasteiger partial charge in [0.2, 0.25) is 0 Å². The first-order valence-corrected chi connectivity index (χ1v) is 9.48. The molecule has 27 heavy (non-hydrogen) atoms. The molecular formula is C20H22N6O. The number of anilines is 2. The van der Waals surface area contributed by atoms with Crippen LogP contribution >= 0.6 is 0 Å². The van der Waals surface area contributed by atoms with Gasteiger partial charge in [-0.1, -0.05) is 6.42 Å². The van der Waals surface area contributed by atoms with E-state index in [1.807, 2.05) is 36.3 Å². The third-order valence-electron chi connectivity index (χ3n) is 6.03. The van der Waals surface area contributed by atoms with Crippen LogP contribution in [0.4, 0.5) is 11.5 Å². The van der Waals surface area contributed by atoms with Crippen molar-refractivity contribution < 1.29 is 4.79 Å². The summed E-state index contributed by atoms with van der Waals surface area (Å²) in [5, 5.41) is 7.53. The molecule has 0 saturated heterocycles. The van der Waals surface area contributed by atoms with Crippen LogP contribution in [0.15, 0.2) is 43.0 Å². The van der Waals surface area contributed by atoms with E-state index in [0.717, 1.165) is 23.8 Å². The van der Waals surface area contributed by atoms with Crippen LogP contribution in [0, 0.1) is 11.8 Å². The van der Waals surface area contributed by atoms with Crippen molar-refractivity contribution in [3.63, 3.8) is 0 Å². The number of fused-ring (bicyclic) bond motifs is 3. The fourth-order valence-electron chi connectivity index (χ4n) is 4.56. The quantitative estimate of drug-likeness (QED) is 0.772. The van der Waals surface area contributed by atoms with Crippen molar-refractivity contribution in [3.05, 3.63) is 48.5 Å². The van der Waals surface area contributed by atoms with Crippen LogP contribution in [0.25, 0.3) is 5.65 Å². The van der Waals surface area contributed by atoms with E-state index in [4.69, 9.17) is 4.98 Å². The predicted molar refractivity (Wildman–Crippen MR) is 102 cm³/mol. The van der Waals surface area contributed by atoms with E-state index >= 15 is 0 Å². The summed E-state index contributed by atoms with van der Waals surface area (Å²) in [5.74, 6) is 2.10. The Labute approximate surface area is 157 Å².